The molecule has 0 aliphatic heterocycles. The van der Waals surface area contributed by atoms with Gasteiger partial charge in [-0.15, -0.1) is 0 Å². The minimum absolute atomic E-state index is 0.174. The monoisotopic (exact) mass is 440 g/mol. The Balaban J connectivity index is 0.000000150. The van der Waals surface area contributed by atoms with Crippen LogP contribution in [0.4, 0.5) is 0 Å². The molecule has 3 atom stereocenters. The number of benzene rings is 4. The van der Waals surface area contributed by atoms with Gasteiger partial charge in [-0.2, -0.15) is 0 Å². The highest BCUT2D eigenvalue weighted by Crippen LogP contribution is 2.47. The SMILES string of the molecule is C[C@@H]1CC(C(=O)O)C1c1ccccc1.O=COc1cccc2ccccc12.c1ccccc1. The molecule has 1 fully saturated rings. The summed E-state index contributed by atoms with van der Waals surface area (Å²) in [4.78, 5) is 21.1. The van der Waals surface area contributed by atoms with Gasteiger partial charge in [-0.3, -0.25) is 9.59 Å². The Morgan fingerprint density at radius 1 is 0.818 bits per heavy atom. The minimum Gasteiger partial charge on any atom is -0.481 e. The van der Waals surface area contributed by atoms with Crippen molar-refractivity contribution in [3.63, 3.8) is 0 Å². The molecule has 0 radical (unpaired) electrons. The smallest absolute Gasteiger partial charge is 0.307 e. The number of carbonyl (C=O) groups excluding carboxylic acids is 1. The van der Waals surface area contributed by atoms with Crippen molar-refractivity contribution in [2.75, 3.05) is 0 Å². The second kappa shape index (κ2) is 12.2. The lowest BCUT2D eigenvalue weighted by Gasteiger charge is -2.40. The summed E-state index contributed by atoms with van der Waals surface area (Å²) in [6, 6.07) is 35.3. The fourth-order valence-electron chi connectivity index (χ4n) is 4.12. The molecule has 0 spiro atoms. The first kappa shape index (κ1) is 23.7. The number of carboxylic acids is 1. The van der Waals surface area contributed by atoms with Crippen LogP contribution in [0.5, 0.6) is 5.75 Å². The number of carbonyl (C=O) groups is 2. The lowest BCUT2D eigenvalue weighted by Crippen LogP contribution is -2.38. The third kappa shape index (κ3) is 6.53. The van der Waals surface area contributed by atoms with E-state index in [9.17, 15) is 9.59 Å². The summed E-state index contributed by atoms with van der Waals surface area (Å²) in [5.41, 5.74) is 1.17. The third-order valence-corrected chi connectivity index (χ3v) is 5.77. The molecule has 4 nitrogen and oxygen atoms in total. The van der Waals surface area contributed by atoms with Crippen molar-refractivity contribution >= 4 is 23.2 Å². The molecule has 1 aliphatic rings. The molecule has 0 saturated heterocycles. The van der Waals surface area contributed by atoms with E-state index in [-0.39, 0.29) is 11.8 Å². The third-order valence-electron chi connectivity index (χ3n) is 5.77. The van der Waals surface area contributed by atoms with Gasteiger partial charge in [0.05, 0.1) is 5.92 Å². The van der Waals surface area contributed by atoms with Crippen molar-refractivity contribution in [3.8, 4) is 5.75 Å². The predicted octanol–water partition coefficient (Wildman–Crippen LogP) is 6.57. The minimum atomic E-state index is -0.656. The Morgan fingerprint density at radius 2 is 1.36 bits per heavy atom. The van der Waals surface area contributed by atoms with Crippen molar-refractivity contribution in [1.82, 2.24) is 0 Å². The first-order valence-electron chi connectivity index (χ1n) is 11.0. The van der Waals surface area contributed by atoms with E-state index in [0.717, 1.165) is 17.2 Å². The molecule has 0 aromatic heterocycles. The number of ether oxygens (including phenoxy) is 1. The van der Waals surface area contributed by atoms with E-state index in [4.69, 9.17) is 9.84 Å². The quantitative estimate of drug-likeness (QED) is 0.364. The molecule has 0 heterocycles. The van der Waals surface area contributed by atoms with Gasteiger partial charge in [0.2, 0.25) is 0 Å². The zero-order valence-electron chi connectivity index (χ0n) is 18.6. The molecule has 4 heteroatoms. The molecule has 1 saturated carbocycles. The van der Waals surface area contributed by atoms with Crippen LogP contribution in [0.1, 0.15) is 24.8 Å². The molecule has 1 aliphatic carbocycles. The average molecular weight is 441 g/mol. The summed E-state index contributed by atoms with van der Waals surface area (Å²) in [6.07, 6.45) is 0.814. The average Bonchev–Trinajstić information content (AvgIpc) is 2.85. The number of hydrogen-bond acceptors (Lipinski definition) is 3. The van der Waals surface area contributed by atoms with E-state index in [2.05, 4.69) is 6.92 Å². The Labute approximate surface area is 194 Å². The standard InChI is InChI=1S/C12H14O2.C11H8O2.C6H6/c1-8-7-10(12(13)14)11(8)9-5-3-2-4-6-9;12-8-13-11-7-3-5-9-4-1-2-6-10(9)11;1-2-4-6-5-3-1/h2-6,8,10-11H,7H2,1H3,(H,13,14);1-8H;1-6H/t8-,10?,11?;;/m1../s1. The maximum Gasteiger partial charge on any atom is 0.307 e. The highest BCUT2D eigenvalue weighted by molar-refractivity contribution is 5.88. The summed E-state index contributed by atoms with van der Waals surface area (Å²) in [5.74, 6) is 0.490. The predicted molar refractivity (Wildman–Crippen MR) is 131 cm³/mol. The van der Waals surface area contributed by atoms with Gasteiger partial charge in [0.1, 0.15) is 5.75 Å². The van der Waals surface area contributed by atoms with E-state index >= 15 is 0 Å². The summed E-state index contributed by atoms with van der Waals surface area (Å²) in [5, 5.41) is 11.0. The maximum atomic E-state index is 10.9. The zero-order chi connectivity index (χ0) is 23.5. The number of carboxylic acid groups (broad SMARTS) is 1. The molecule has 4 aromatic rings. The van der Waals surface area contributed by atoms with Crippen LogP contribution in [0.3, 0.4) is 0 Å². The van der Waals surface area contributed by atoms with Gasteiger partial charge >= 0.3 is 5.97 Å². The van der Waals surface area contributed by atoms with Crippen molar-refractivity contribution < 1.29 is 19.4 Å². The van der Waals surface area contributed by atoms with E-state index in [1.54, 1.807) is 6.07 Å². The Kier molecular flexibility index (Phi) is 8.78. The molecular weight excluding hydrogens is 412 g/mol. The highest BCUT2D eigenvalue weighted by atomic mass is 16.5. The highest BCUT2D eigenvalue weighted by Gasteiger charge is 2.43. The molecule has 0 bridgehead atoms. The molecular formula is C29H28O4. The van der Waals surface area contributed by atoms with Crippen LogP contribution in [0.25, 0.3) is 10.8 Å². The van der Waals surface area contributed by atoms with Crippen LogP contribution < -0.4 is 4.74 Å². The first-order valence-corrected chi connectivity index (χ1v) is 11.0. The van der Waals surface area contributed by atoms with Crippen LogP contribution in [-0.2, 0) is 9.59 Å². The normalized spacial score (nSPS) is 18.4. The lowest BCUT2D eigenvalue weighted by atomic mass is 9.63. The Bertz CT molecular complexity index is 1110. The molecule has 168 valence electrons. The summed E-state index contributed by atoms with van der Waals surface area (Å²) in [7, 11) is 0. The second-order valence-corrected chi connectivity index (χ2v) is 7.94. The zero-order valence-corrected chi connectivity index (χ0v) is 18.6. The Morgan fingerprint density at radius 3 is 1.94 bits per heavy atom. The number of fused-ring (bicyclic) bond motifs is 1. The van der Waals surface area contributed by atoms with Crippen LogP contribution in [0.15, 0.2) is 109 Å². The first-order chi connectivity index (χ1) is 16.1. The van der Waals surface area contributed by atoms with Gasteiger partial charge in [-0.05, 0) is 35.3 Å². The van der Waals surface area contributed by atoms with Gasteiger partial charge in [0.15, 0.2) is 0 Å². The van der Waals surface area contributed by atoms with E-state index in [1.165, 1.54) is 5.56 Å². The summed E-state index contributed by atoms with van der Waals surface area (Å²) >= 11 is 0. The topological polar surface area (TPSA) is 63.6 Å². The van der Waals surface area contributed by atoms with Crippen molar-refractivity contribution in [2.24, 2.45) is 11.8 Å². The molecule has 1 N–H and O–H groups in total. The molecule has 4 aromatic carbocycles. The van der Waals surface area contributed by atoms with Crippen LogP contribution in [0.2, 0.25) is 0 Å². The van der Waals surface area contributed by atoms with Gasteiger partial charge in [0, 0.05) is 5.39 Å². The van der Waals surface area contributed by atoms with Gasteiger partial charge in [-0.25, -0.2) is 0 Å². The molecule has 0 amide bonds. The van der Waals surface area contributed by atoms with Crippen molar-refractivity contribution in [2.45, 2.75) is 19.3 Å². The van der Waals surface area contributed by atoms with E-state index < -0.39 is 5.97 Å². The summed E-state index contributed by atoms with van der Waals surface area (Å²) < 4.78 is 4.84. The molecule has 5 rings (SSSR count). The second-order valence-electron chi connectivity index (χ2n) is 7.94. The van der Waals surface area contributed by atoms with E-state index in [0.29, 0.717) is 18.1 Å². The van der Waals surface area contributed by atoms with Gasteiger partial charge in [-0.1, -0.05) is 110 Å². The lowest BCUT2D eigenvalue weighted by molar-refractivity contribution is -0.147. The number of aliphatic carboxylic acids is 1. The van der Waals surface area contributed by atoms with Gasteiger partial charge < -0.3 is 9.84 Å². The van der Waals surface area contributed by atoms with Crippen LogP contribution >= 0.6 is 0 Å². The van der Waals surface area contributed by atoms with Crippen LogP contribution in [0, 0.1) is 11.8 Å². The van der Waals surface area contributed by atoms with Crippen molar-refractivity contribution in [3.05, 3.63) is 115 Å². The fraction of sp³-hybridized carbons (Fsp3) is 0.172. The summed E-state index contributed by atoms with van der Waals surface area (Å²) in [6.45, 7) is 2.57. The van der Waals surface area contributed by atoms with E-state index in [1.807, 2.05) is 103 Å². The van der Waals surface area contributed by atoms with Crippen molar-refractivity contribution in [1.29, 1.82) is 0 Å². The molecule has 33 heavy (non-hydrogen) atoms. The fourth-order valence-corrected chi connectivity index (χ4v) is 4.12. The Hall–Kier alpha value is -3.92. The maximum absolute atomic E-state index is 10.9. The largest absolute Gasteiger partial charge is 0.481 e. The number of rotatable bonds is 4. The number of hydrogen-bond donors (Lipinski definition) is 1. The molecule has 2 unspecified atom stereocenters. The van der Waals surface area contributed by atoms with Crippen LogP contribution in [-0.4, -0.2) is 17.5 Å². The van der Waals surface area contributed by atoms with Gasteiger partial charge in [0.25, 0.3) is 6.47 Å².